The summed E-state index contributed by atoms with van der Waals surface area (Å²) in [6, 6.07) is 20.7. The molecule has 0 aliphatic carbocycles. The van der Waals surface area contributed by atoms with Gasteiger partial charge in [0.2, 0.25) is 5.91 Å². The molecule has 0 aliphatic rings. The van der Waals surface area contributed by atoms with Crippen molar-refractivity contribution in [1.29, 1.82) is 0 Å². The third-order valence-electron chi connectivity index (χ3n) is 4.76. The van der Waals surface area contributed by atoms with E-state index in [9.17, 15) is 9.59 Å². The van der Waals surface area contributed by atoms with E-state index < -0.39 is 0 Å². The molecule has 1 aromatic heterocycles. The van der Waals surface area contributed by atoms with Crippen molar-refractivity contribution in [1.82, 2.24) is 4.98 Å². The number of anilines is 1. The van der Waals surface area contributed by atoms with Crippen molar-refractivity contribution in [2.75, 3.05) is 12.4 Å². The Bertz CT molecular complexity index is 1210. The fraction of sp³-hybridized carbons (Fsp3) is 0.125. The molecule has 4 rings (SSSR count). The van der Waals surface area contributed by atoms with Gasteiger partial charge in [-0.2, -0.15) is 0 Å². The van der Waals surface area contributed by atoms with Crippen LogP contribution >= 0.6 is 11.3 Å². The van der Waals surface area contributed by atoms with Gasteiger partial charge in [-0.05, 0) is 49.4 Å². The SMILES string of the molecule is COc1ccc(C(C)=O)cc1CC(=O)Nc1ccccc1-c1nc2ccccc2s1. The van der Waals surface area contributed by atoms with Crippen LogP contribution in [0.2, 0.25) is 0 Å². The molecule has 0 unspecified atom stereocenters. The summed E-state index contributed by atoms with van der Waals surface area (Å²) < 4.78 is 6.45. The number of amides is 1. The molecule has 30 heavy (non-hydrogen) atoms. The molecular formula is C24H20N2O3S. The van der Waals surface area contributed by atoms with E-state index in [-0.39, 0.29) is 18.1 Å². The van der Waals surface area contributed by atoms with E-state index in [1.54, 1.807) is 36.6 Å². The second-order valence-electron chi connectivity index (χ2n) is 6.84. The number of fused-ring (bicyclic) bond motifs is 1. The van der Waals surface area contributed by atoms with Gasteiger partial charge in [0.25, 0.3) is 0 Å². The summed E-state index contributed by atoms with van der Waals surface area (Å²) >= 11 is 1.59. The number of carbonyl (C=O) groups is 2. The highest BCUT2D eigenvalue weighted by Gasteiger charge is 2.15. The molecule has 6 heteroatoms. The van der Waals surface area contributed by atoms with Crippen LogP contribution < -0.4 is 10.1 Å². The summed E-state index contributed by atoms with van der Waals surface area (Å²) in [7, 11) is 1.55. The predicted molar refractivity (Wildman–Crippen MR) is 120 cm³/mol. The van der Waals surface area contributed by atoms with Crippen LogP contribution in [0.4, 0.5) is 5.69 Å². The molecule has 0 bridgehead atoms. The molecule has 1 N–H and O–H groups in total. The topological polar surface area (TPSA) is 68.3 Å². The van der Waals surface area contributed by atoms with Gasteiger partial charge in [-0.1, -0.05) is 24.3 Å². The Labute approximate surface area is 178 Å². The number of aromatic nitrogens is 1. The Balaban J connectivity index is 1.60. The molecule has 0 radical (unpaired) electrons. The Morgan fingerprint density at radius 3 is 2.57 bits per heavy atom. The van der Waals surface area contributed by atoms with E-state index in [0.29, 0.717) is 22.6 Å². The summed E-state index contributed by atoms with van der Waals surface area (Å²) in [4.78, 5) is 29.2. The highest BCUT2D eigenvalue weighted by Crippen LogP contribution is 2.34. The number of methoxy groups -OCH3 is 1. The van der Waals surface area contributed by atoms with Gasteiger partial charge in [0.1, 0.15) is 10.8 Å². The van der Waals surface area contributed by atoms with Gasteiger partial charge in [0.15, 0.2) is 5.78 Å². The molecule has 0 saturated carbocycles. The van der Waals surface area contributed by atoms with Gasteiger partial charge in [-0.25, -0.2) is 4.98 Å². The molecule has 0 saturated heterocycles. The molecule has 0 atom stereocenters. The van der Waals surface area contributed by atoms with Crippen molar-refractivity contribution in [3.05, 3.63) is 77.9 Å². The Morgan fingerprint density at radius 1 is 1.03 bits per heavy atom. The van der Waals surface area contributed by atoms with Gasteiger partial charge in [0, 0.05) is 16.7 Å². The van der Waals surface area contributed by atoms with Gasteiger partial charge in [-0.15, -0.1) is 11.3 Å². The molecule has 0 fully saturated rings. The third-order valence-corrected chi connectivity index (χ3v) is 5.83. The molecular weight excluding hydrogens is 396 g/mol. The van der Waals surface area contributed by atoms with Crippen molar-refractivity contribution in [2.45, 2.75) is 13.3 Å². The van der Waals surface area contributed by atoms with Crippen molar-refractivity contribution in [3.63, 3.8) is 0 Å². The predicted octanol–water partition coefficient (Wildman–Crippen LogP) is 5.36. The number of benzene rings is 3. The van der Waals surface area contributed by atoms with Gasteiger partial charge >= 0.3 is 0 Å². The minimum Gasteiger partial charge on any atom is -0.496 e. The average molecular weight is 417 g/mol. The van der Waals surface area contributed by atoms with Gasteiger partial charge < -0.3 is 10.1 Å². The monoisotopic (exact) mass is 416 g/mol. The minimum atomic E-state index is -0.192. The first kappa shape index (κ1) is 19.8. The second-order valence-corrected chi connectivity index (χ2v) is 7.87. The summed E-state index contributed by atoms with van der Waals surface area (Å²) in [5.41, 5.74) is 3.72. The lowest BCUT2D eigenvalue weighted by atomic mass is 10.0. The van der Waals surface area contributed by atoms with Crippen molar-refractivity contribution < 1.29 is 14.3 Å². The number of thiazole rings is 1. The van der Waals surface area contributed by atoms with Crippen LogP contribution in [0.3, 0.4) is 0 Å². The summed E-state index contributed by atoms with van der Waals surface area (Å²) in [6.07, 6.45) is 0.0957. The number of hydrogen-bond donors (Lipinski definition) is 1. The van der Waals surface area contributed by atoms with Gasteiger partial charge in [0.05, 0.1) is 29.4 Å². The highest BCUT2D eigenvalue weighted by molar-refractivity contribution is 7.21. The Hall–Kier alpha value is -3.51. The third kappa shape index (κ3) is 4.09. The first-order valence-corrected chi connectivity index (χ1v) is 10.3. The molecule has 5 nitrogen and oxygen atoms in total. The summed E-state index contributed by atoms with van der Waals surface area (Å²) in [5, 5.41) is 3.84. The molecule has 0 spiro atoms. The molecule has 3 aromatic carbocycles. The Morgan fingerprint density at radius 2 is 1.80 bits per heavy atom. The van der Waals surface area contributed by atoms with E-state index in [2.05, 4.69) is 5.32 Å². The normalized spacial score (nSPS) is 10.7. The quantitative estimate of drug-likeness (QED) is 0.430. The van der Waals surface area contributed by atoms with E-state index in [4.69, 9.17) is 9.72 Å². The van der Waals surface area contributed by atoms with Crippen LogP contribution in [0.1, 0.15) is 22.8 Å². The van der Waals surface area contributed by atoms with Crippen LogP contribution in [-0.2, 0) is 11.2 Å². The van der Waals surface area contributed by atoms with Gasteiger partial charge in [-0.3, -0.25) is 9.59 Å². The number of ketones is 1. The number of ether oxygens (including phenoxy) is 1. The summed E-state index contributed by atoms with van der Waals surface area (Å²) in [6.45, 7) is 1.50. The minimum absolute atomic E-state index is 0.0551. The lowest BCUT2D eigenvalue weighted by molar-refractivity contribution is -0.115. The van der Waals surface area contributed by atoms with Crippen LogP contribution in [0.25, 0.3) is 20.8 Å². The van der Waals surface area contributed by atoms with E-state index >= 15 is 0 Å². The average Bonchev–Trinajstić information content (AvgIpc) is 3.18. The zero-order chi connectivity index (χ0) is 21.1. The van der Waals surface area contributed by atoms with Crippen LogP contribution in [-0.4, -0.2) is 23.8 Å². The lowest BCUT2D eigenvalue weighted by Gasteiger charge is -2.12. The smallest absolute Gasteiger partial charge is 0.228 e. The fourth-order valence-electron chi connectivity index (χ4n) is 3.27. The standard InChI is InChI=1S/C24H20N2O3S/c1-15(27)16-11-12-21(29-2)17(13-16)14-23(28)25-19-8-4-3-7-18(19)24-26-20-9-5-6-10-22(20)30-24/h3-13H,14H2,1-2H3,(H,25,28). The number of carbonyl (C=O) groups excluding carboxylic acids is 2. The van der Waals surface area contributed by atoms with E-state index in [1.807, 2.05) is 48.5 Å². The van der Waals surface area contributed by atoms with Crippen LogP contribution in [0.5, 0.6) is 5.75 Å². The maximum atomic E-state index is 12.8. The highest BCUT2D eigenvalue weighted by atomic mass is 32.1. The fourth-order valence-corrected chi connectivity index (χ4v) is 4.27. The van der Waals surface area contributed by atoms with Crippen molar-refractivity contribution in [2.24, 2.45) is 0 Å². The second kappa shape index (κ2) is 8.47. The zero-order valence-electron chi connectivity index (χ0n) is 16.6. The summed E-state index contributed by atoms with van der Waals surface area (Å²) in [5.74, 6) is 0.331. The largest absolute Gasteiger partial charge is 0.496 e. The van der Waals surface area contributed by atoms with Crippen molar-refractivity contribution >= 4 is 38.9 Å². The molecule has 1 amide bonds. The van der Waals surface area contributed by atoms with E-state index in [1.165, 1.54) is 6.92 Å². The molecule has 1 heterocycles. The first-order valence-electron chi connectivity index (χ1n) is 9.48. The molecule has 0 aliphatic heterocycles. The number of Topliss-reactive ketones (excluding diaryl/α,β-unsaturated/α-hetero) is 1. The lowest BCUT2D eigenvalue weighted by Crippen LogP contribution is -2.16. The van der Waals surface area contributed by atoms with Crippen LogP contribution in [0, 0.1) is 0 Å². The number of rotatable bonds is 6. The first-order chi connectivity index (χ1) is 14.5. The number of hydrogen-bond acceptors (Lipinski definition) is 5. The maximum Gasteiger partial charge on any atom is 0.228 e. The van der Waals surface area contributed by atoms with Crippen LogP contribution in [0.15, 0.2) is 66.7 Å². The molecule has 4 aromatic rings. The van der Waals surface area contributed by atoms with Crippen molar-refractivity contribution in [3.8, 4) is 16.3 Å². The molecule has 150 valence electrons. The zero-order valence-corrected chi connectivity index (χ0v) is 17.5. The maximum absolute atomic E-state index is 12.8. The number of para-hydroxylation sites is 2. The number of nitrogens with one attached hydrogen (secondary N) is 1. The number of nitrogens with zero attached hydrogens (tertiary/aromatic N) is 1. The Kier molecular flexibility index (Phi) is 5.59. The van der Waals surface area contributed by atoms with E-state index in [0.717, 1.165) is 20.8 Å².